The molecule has 5 heteroatoms. The second-order valence-electron chi connectivity index (χ2n) is 6.00. The largest absolute Gasteiger partial charge is 0.443 e. The zero-order chi connectivity index (χ0) is 16.9. The van der Waals surface area contributed by atoms with E-state index in [-0.39, 0.29) is 0 Å². The number of carbonyl (C=O) groups is 1. The van der Waals surface area contributed by atoms with Crippen LogP contribution in [0, 0.1) is 0 Å². The second-order valence-corrected chi connectivity index (χ2v) is 6.44. The van der Waals surface area contributed by atoms with Gasteiger partial charge in [-0.25, -0.2) is 10.2 Å². The van der Waals surface area contributed by atoms with Crippen LogP contribution in [0.4, 0.5) is 4.79 Å². The lowest BCUT2D eigenvalue weighted by atomic mass is 10.0. The highest BCUT2D eigenvalue weighted by atomic mass is 35.5. The molecule has 1 N–H and O–H groups in total. The molecule has 23 heavy (non-hydrogen) atoms. The first-order valence-electron chi connectivity index (χ1n) is 7.21. The van der Waals surface area contributed by atoms with E-state index < -0.39 is 11.7 Å². The minimum absolute atomic E-state index is 0.543. The third-order valence-electron chi connectivity index (χ3n) is 2.84. The fourth-order valence-corrected chi connectivity index (χ4v) is 2.08. The Hall–Kier alpha value is -2.33. The van der Waals surface area contributed by atoms with Gasteiger partial charge in [-0.1, -0.05) is 48.0 Å². The van der Waals surface area contributed by atoms with Crippen molar-refractivity contribution in [2.24, 2.45) is 5.10 Å². The van der Waals surface area contributed by atoms with Gasteiger partial charge < -0.3 is 4.74 Å². The highest BCUT2D eigenvalue weighted by molar-refractivity contribution is 6.30. The van der Waals surface area contributed by atoms with Gasteiger partial charge in [-0.15, -0.1) is 0 Å². The molecule has 0 aliphatic carbocycles. The van der Waals surface area contributed by atoms with Crippen LogP contribution < -0.4 is 5.43 Å². The van der Waals surface area contributed by atoms with Crippen LogP contribution in [-0.4, -0.2) is 17.9 Å². The molecular weight excluding hydrogens is 312 g/mol. The minimum atomic E-state index is -0.579. The van der Waals surface area contributed by atoms with Gasteiger partial charge in [0.15, 0.2) is 0 Å². The zero-order valence-corrected chi connectivity index (χ0v) is 14.1. The lowest BCUT2D eigenvalue weighted by molar-refractivity contribution is 0.0529. The molecule has 4 nitrogen and oxygen atoms in total. The number of benzene rings is 2. The second kappa shape index (κ2) is 7.29. The van der Waals surface area contributed by atoms with E-state index in [1.165, 1.54) is 0 Å². The summed E-state index contributed by atoms with van der Waals surface area (Å²) in [6.45, 7) is 5.39. The number of amides is 1. The van der Waals surface area contributed by atoms with Crippen LogP contribution in [0.15, 0.2) is 53.6 Å². The quantitative estimate of drug-likeness (QED) is 0.645. The Morgan fingerprint density at radius 3 is 2.43 bits per heavy atom. The number of nitrogens with zero attached hydrogens (tertiary/aromatic N) is 1. The summed E-state index contributed by atoms with van der Waals surface area (Å²) in [7, 11) is 0. The van der Waals surface area contributed by atoms with Crippen molar-refractivity contribution >= 4 is 23.9 Å². The molecule has 0 aliphatic rings. The minimum Gasteiger partial charge on any atom is -0.443 e. The maximum atomic E-state index is 11.5. The summed E-state index contributed by atoms with van der Waals surface area (Å²) in [4.78, 5) is 11.5. The van der Waals surface area contributed by atoms with E-state index in [1.54, 1.807) is 27.0 Å². The zero-order valence-electron chi connectivity index (χ0n) is 13.3. The monoisotopic (exact) mass is 330 g/mol. The van der Waals surface area contributed by atoms with E-state index in [0.29, 0.717) is 5.02 Å². The number of hydrogen-bond donors (Lipinski definition) is 1. The molecule has 0 unspecified atom stereocenters. The van der Waals surface area contributed by atoms with Crippen LogP contribution in [0.2, 0.25) is 5.02 Å². The van der Waals surface area contributed by atoms with Crippen molar-refractivity contribution < 1.29 is 9.53 Å². The van der Waals surface area contributed by atoms with Gasteiger partial charge in [-0.3, -0.25) is 0 Å². The molecule has 0 saturated carbocycles. The van der Waals surface area contributed by atoms with Crippen LogP contribution in [0.5, 0.6) is 0 Å². The molecule has 0 bridgehead atoms. The van der Waals surface area contributed by atoms with E-state index in [4.69, 9.17) is 16.3 Å². The molecule has 2 aromatic carbocycles. The maximum absolute atomic E-state index is 11.5. The van der Waals surface area contributed by atoms with Crippen LogP contribution in [0.25, 0.3) is 11.1 Å². The van der Waals surface area contributed by atoms with Gasteiger partial charge in [-0.2, -0.15) is 5.10 Å². The van der Waals surface area contributed by atoms with Gasteiger partial charge >= 0.3 is 6.09 Å². The summed E-state index contributed by atoms with van der Waals surface area (Å²) >= 11 is 6.00. The van der Waals surface area contributed by atoms with Gasteiger partial charge in [0.25, 0.3) is 0 Å². The molecular formula is C18H19ClN2O2. The smallest absolute Gasteiger partial charge is 0.428 e. The first-order chi connectivity index (χ1) is 10.8. The van der Waals surface area contributed by atoms with Gasteiger partial charge in [0.2, 0.25) is 0 Å². The molecule has 0 saturated heterocycles. The molecule has 0 spiro atoms. The molecule has 1 amide bonds. The van der Waals surface area contributed by atoms with Gasteiger partial charge in [-0.05, 0) is 49.6 Å². The van der Waals surface area contributed by atoms with E-state index in [2.05, 4.69) is 10.5 Å². The first kappa shape index (κ1) is 17.0. The standard InChI is InChI=1S/C18H19ClN2O2/c1-18(2,3)23-17(22)21-20-12-13-7-9-14(10-8-13)15-5-4-6-16(19)11-15/h4-12H,1-3H3,(H,21,22)/b20-12-. The fraction of sp³-hybridized carbons (Fsp3) is 0.222. The molecule has 2 aromatic rings. The number of rotatable bonds is 3. The fourth-order valence-electron chi connectivity index (χ4n) is 1.89. The Balaban J connectivity index is 1.97. The highest BCUT2D eigenvalue weighted by Gasteiger charge is 2.15. The summed E-state index contributed by atoms with van der Waals surface area (Å²) in [5.41, 5.74) is 4.77. The number of hydrogen-bond acceptors (Lipinski definition) is 3. The third kappa shape index (κ3) is 5.75. The van der Waals surface area contributed by atoms with Crippen molar-refractivity contribution in [1.82, 2.24) is 5.43 Å². The van der Waals surface area contributed by atoms with E-state index >= 15 is 0 Å². The van der Waals surface area contributed by atoms with Crippen molar-refractivity contribution in [2.75, 3.05) is 0 Å². The van der Waals surface area contributed by atoms with Crippen LogP contribution >= 0.6 is 11.6 Å². The molecule has 2 rings (SSSR count). The average Bonchev–Trinajstić information content (AvgIpc) is 2.46. The van der Waals surface area contributed by atoms with Crippen molar-refractivity contribution in [3.8, 4) is 11.1 Å². The van der Waals surface area contributed by atoms with E-state index in [0.717, 1.165) is 16.7 Å². The highest BCUT2D eigenvalue weighted by Crippen LogP contribution is 2.22. The van der Waals surface area contributed by atoms with Crippen molar-refractivity contribution in [2.45, 2.75) is 26.4 Å². The molecule has 0 aromatic heterocycles. The number of halogens is 1. The summed E-state index contributed by atoms with van der Waals surface area (Å²) in [6, 6.07) is 15.4. The Kier molecular flexibility index (Phi) is 5.40. The normalized spacial score (nSPS) is 11.5. The summed E-state index contributed by atoms with van der Waals surface area (Å²) < 4.78 is 5.09. The SMILES string of the molecule is CC(C)(C)OC(=O)N/N=C\c1ccc(-c2cccc(Cl)c2)cc1. The van der Waals surface area contributed by atoms with Crippen LogP contribution in [-0.2, 0) is 4.74 Å². The maximum Gasteiger partial charge on any atom is 0.428 e. The lowest BCUT2D eigenvalue weighted by Gasteiger charge is -2.18. The van der Waals surface area contributed by atoms with Crippen molar-refractivity contribution in [3.63, 3.8) is 0 Å². The first-order valence-corrected chi connectivity index (χ1v) is 7.59. The summed E-state index contributed by atoms with van der Waals surface area (Å²) in [5.74, 6) is 0. The molecule has 0 heterocycles. The molecule has 0 aliphatic heterocycles. The van der Waals surface area contributed by atoms with Gasteiger partial charge in [0, 0.05) is 5.02 Å². The Morgan fingerprint density at radius 1 is 1.13 bits per heavy atom. The topological polar surface area (TPSA) is 50.7 Å². The Labute approximate surface area is 141 Å². The number of hydrazone groups is 1. The van der Waals surface area contributed by atoms with Crippen LogP contribution in [0.3, 0.4) is 0 Å². The van der Waals surface area contributed by atoms with Crippen LogP contribution in [0.1, 0.15) is 26.3 Å². The molecule has 120 valence electrons. The Bertz CT molecular complexity index is 704. The predicted octanol–water partition coefficient (Wildman–Crippen LogP) is 4.87. The summed E-state index contributed by atoms with van der Waals surface area (Å²) in [5, 5.41) is 4.57. The number of nitrogens with one attached hydrogen (secondary N) is 1. The third-order valence-corrected chi connectivity index (χ3v) is 3.07. The Morgan fingerprint density at radius 2 is 1.83 bits per heavy atom. The lowest BCUT2D eigenvalue weighted by Crippen LogP contribution is -2.29. The van der Waals surface area contributed by atoms with Crippen molar-refractivity contribution in [1.29, 1.82) is 0 Å². The predicted molar refractivity (Wildman–Crippen MR) is 93.9 cm³/mol. The van der Waals surface area contributed by atoms with Crippen molar-refractivity contribution in [3.05, 3.63) is 59.1 Å². The summed E-state index contributed by atoms with van der Waals surface area (Å²) in [6.07, 6.45) is 0.982. The average molecular weight is 331 g/mol. The number of ether oxygens (including phenoxy) is 1. The molecule has 0 radical (unpaired) electrons. The molecule has 0 fully saturated rings. The van der Waals surface area contributed by atoms with Gasteiger partial charge in [0.1, 0.15) is 5.60 Å². The van der Waals surface area contributed by atoms with E-state index in [1.807, 2.05) is 48.5 Å². The van der Waals surface area contributed by atoms with E-state index in [9.17, 15) is 4.79 Å². The molecule has 0 atom stereocenters. The van der Waals surface area contributed by atoms with Gasteiger partial charge in [0.05, 0.1) is 6.21 Å². The number of carbonyl (C=O) groups excluding carboxylic acids is 1.